The summed E-state index contributed by atoms with van der Waals surface area (Å²) in [6.45, 7) is 1.46. The van der Waals surface area contributed by atoms with Gasteiger partial charge in [-0.2, -0.15) is 0 Å². The van der Waals surface area contributed by atoms with Crippen LogP contribution in [0.2, 0.25) is 0 Å². The summed E-state index contributed by atoms with van der Waals surface area (Å²) in [7, 11) is 5.66. The molecule has 0 radical (unpaired) electrons. The monoisotopic (exact) mass is 359 g/mol. The highest BCUT2D eigenvalue weighted by Gasteiger charge is 2.15. The molecule has 1 aromatic heterocycles. The summed E-state index contributed by atoms with van der Waals surface area (Å²) in [5.41, 5.74) is -1.95. The van der Waals surface area contributed by atoms with Crippen LogP contribution in [-0.2, 0) is 14.3 Å². The average molecular weight is 359 g/mol. The number of carboxylic acids is 1. The predicted molar refractivity (Wildman–Crippen MR) is 82.3 cm³/mol. The van der Waals surface area contributed by atoms with Gasteiger partial charge in [0.05, 0.1) is 21.1 Å². The van der Waals surface area contributed by atoms with Crippen LogP contribution < -0.4 is 16.4 Å². The van der Waals surface area contributed by atoms with Crippen LogP contribution in [0.25, 0.3) is 0 Å². The second-order valence-corrected chi connectivity index (χ2v) is 6.09. The van der Waals surface area contributed by atoms with Gasteiger partial charge >= 0.3 is 17.6 Å². The zero-order chi connectivity index (χ0) is 19.8. The van der Waals surface area contributed by atoms with Gasteiger partial charge in [0.25, 0.3) is 5.56 Å². The molecule has 1 heterocycles. The zero-order valence-corrected chi connectivity index (χ0v) is 14.3. The number of quaternary nitrogens is 1. The minimum Gasteiger partial charge on any atom is -0.550 e. The van der Waals surface area contributed by atoms with Crippen molar-refractivity contribution in [2.24, 2.45) is 0 Å². The average Bonchev–Trinajstić information content (AvgIpc) is 2.33. The molecular weight excluding hydrogens is 338 g/mol. The van der Waals surface area contributed by atoms with Crippen molar-refractivity contribution in [3.63, 3.8) is 0 Å². The van der Waals surface area contributed by atoms with Crippen molar-refractivity contribution in [2.45, 2.75) is 19.4 Å². The quantitative estimate of drug-likeness (QED) is 0.283. The molecule has 0 fully saturated rings. The van der Waals surface area contributed by atoms with Crippen LogP contribution in [0.1, 0.15) is 23.8 Å². The number of aliphatic hydroxyl groups is 1. The van der Waals surface area contributed by atoms with Crippen LogP contribution in [0.4, 0.5) is 0 Å². The Kier molecular flexibility index (Phi) is 8.43. The standard InChI is InChI=1S/C7H6N2O5.C7H15NO3/c1-3(10)14-6(12)4-2-5(11)9-7(13)8-4;1-8(2,3)5-6(9)4-7(10)11/h2H,1H3,(H2,8,9,11,13);6,9H,4-5H2,1-3H3/t;6-/m.1/s1. The molecule has 0 saturated heterocycles. The Bertz CT molecular complexity index is 700. The van der Waals surface area contributed by atoms with Gasteiger partial charge in [-0.15, -0.1) is 0 Å². The van der Waals surface area contributed by atoms with E-state index in [1.807, 2.05) is 31.1 Å². The lowest BCUT2D eigenvalue weighted by Crippen LogP contribution is -2.43. The summed E-state index contributed by atoms with van der Waals surface area (Å²) >= 11 is 0. The van der Waals surface area contributed by atoms with Gasteiger partial charge in [-0.05, 0) is 0 Å². The van der Waals surface area contributed by atoms with Crippen LogP contribution >= 0.6 is 0 Å². The molecule has 0 saturated carbocycles. The number of hydrogen-bond donors (Lipinski definition) is 3. The van der Waals surface area contributed by atoms with Gasteiger partial charge in [-0.1, -0.05) is 0 Å². The van der Waals surface area contributed by atoms with E-state index in [-0.39, 0.29) is 12.1 Å². The Labute approximate surface area is 142 Å². The third-order valence-corrected chi connectivity index (χ3v) is 2.38. The molecule has 0 aliphatic rings. The summed E-state index contributed by atoms with van der Waals surface area (Å²) in [5.74, 6) is -3.09. The molecule has 25 heavy (non-hydrogen) atoms. The SMILES string of the molecule is CC(=O)OC(=O)c1cc(=O)[nH]c(=O)[nH]1.C[N+](C)(C)C[C@H](O)CC(=O)[O-]. The number of H-pyrrole nitrogens is 2. The molecule has 0 bridgehead atoms. The number of aliphatic hydroxyl groups excluding tert-OH is 1. The predicted octanol–water partition coefficient (Wildman–Crippen LogP) is -3.04. The smallest absolute Gasteiger partial charge is 0.362 e. The molecule has 1 rings (SSSR count). The van der Waals surface area contributed by atoms with Crippen molar-refractivity contribution < 1.29 is 33.8 Å². The van der Waals surface area contributed by atoms with Crippen LogP contribution in [-0.4, -0.2) is 71.3 Å². The molecule has 11 heteroatoms. The summed E-state index contributed by atoms with van der Waals surface area (Å²) in [4.78, 5) is 56.7. The lowest BCUT2D eigenvalue weighted by molar-refractivity contribution is -0.873. The third-order valence-electron chi connectivity index (χ3n) is 2.38. The number of hydrogen-bond acceptors (Lipinski definition) is 8. The molecule has 1 aromatic rings. The first-order valence-electron chi connectivity index (χ1n) is 7.05. The summed E-state index contributed by atoms with van der Waals surface area (Å²) in [6.07, 6.45) is -1.09. The Morgan fingerprint density at radius 2 is 1.80 bits per heavy atom. The van der Waals surface area contributed by atoms with Crippen molar-refractivity contribution in [1.82, 2.24) is 9.97 Å². The largest absolute Gasteiger partial charge is 0.550 e. The second kappa shape index (κ2) is 9.49. The first-order chi connectivity index (χ1) is 11.3. The number of carboxylic acid groups (broad SMARTS) is 1. The molecule has 0 spiro atoms. The van der Waals surface area contributed by atoms with E-state index in [9.17, 15) is 29.1 Å². The number of aromatic amines is 2. The van der Waals surface area contributed by atoms with Gasteiger partial charge in [-0.25, -0.2) is 9.59 Å². The fourth-order valence-corrected chi connectivity index (χ4v) is 1.65. The molecule has 0 unspecified atom stereocenters. The van der Waals surface area contributed by atoms with Gasteiger partial charge in [0.15, 0.2) is 0 Å². The highest BCUT2D eigenvalue weighted by atomic mass is 16.6. The molecule has 140 valence electrons. The first-order valence-corrected chi connectivity index (χ1v) is 7.05. The number of aromatic nitrogens is 2. The number of nitrogens with zero attached hydrogens (tertiary/aromatic N) is 1. The fraction of sp³-hybridized carbons (Fsp3) is 0.500. The van der Waals surface area contributed by atoms with E-state index in [0.29, 0.717) is 11.0 Å². The maximum atomic E-state index is 11.0. The number of carbonyl (C=O) groups is 3. The first kappa shape index (κ1) is 22.2. The van der Waals surface area contributed by atoms with Crippen molar-refractivity contribution in [1.29, 1.82) is 0 Å². The highest BCUT2D eigenvalue weighted by Crippen LogP contribution is 1.97. The Morgan fingerprint density at radius 3 is 2.20 bits per heavy atom. The Hall–Kier alpha value is -2.79. The molecule has 11 nitrogen and oxygen atoms in total. The maximum Gasteiger partial charge on any atom is 0.362 e. The van der Waals surface area contributed by atoms with E-state index < -0.39 is 35.3 Å². The molecule has 0 aromatic carbocycles. The number of rotatable bonds is 5. The Balaban J connectivity index is 0.000000477. The van der Waals surface area contributed by atoms with Crippen molar-refractivity contribution in [3.8, 4) is 0 Å². The van der Waals surface area contributed by atoms with Gasteiger partial charge in [-0.3, -0.25) is 14.6 Å². The Morgan fingerprint density at radius 1 is 1.24 bits per heavy atom. The molecule has 3 N–H and O–H groups in total. The van der Waals surface area contributed by atoms with Gasteiger partial charge < -0.3 is 29.2 Å². The normalized spacial score (nSPS) is 11.7. The van der Waals surface area contributed by atoms with E-state index in [1.54, 1.807) is 0 Å². The summed E-state index contributed by atoms with van der Waals surface area (Å²) in [5, 5.41) is 19.1. The van der Waals surface area contributed by atoms with Gasteiger partial charge in [0, 0.05) is 25.4 Å². The fourth-order valence-electron chi connectivity index (χ4n) is 1.65. The maximum absolute atomic E-state index is 11.0. The molecule has 0 amide bonds. The number of likely N-dealkylation sites (N-methyl/N-ethyl adjacent to an activating group) is 1. The van der Waals surface area contributed by atoms with Crippen LogP contribution in [0.15, 0.2) is 15.7 Å². The zero-order valence-electron chi connectivity index (χ0n) is 14.3. The number of ether oxygens (including phenoxy) is 1. The van der Waals surface area contributed by atoms with Gasteiger partial charge in [0.2, 0.25) is 0 Å². The van der Waals surface area contributed by atoms with Crippen molar-refractivity contribution >= 4 is 17.9 Å². The van der Waals surface area contributed by atoms with Crippen LogP contribution in [0.5, 0.6) is 0 Å². The number of nitrogens with one attached hydrogen (secondary N) is 2. The molecule has 1 atom stereocenters. The van der Waals surface area contributed by atoms with Crippen LogP contribution in [0.3, 0.4) is 0 Å². The highest BCUT2D eigenvalue weighted by molar-refractivity contribution is 5.94. The molecular formula is C14H21N3O8. The molecule has 0 aliphatic carbocycles. The van der Waals surface area contributed by atoms with Crippen LogP contribution in [0, 0.1) is 0 Å². The van der Waals surface area contributed by atoms with E-state index in [2.05, 4.69) is 4.74 Å². The van der Waals surface area contributed by atoms with E-state index in [1.165, 1.54) is 0 Å². The topological polar surface area (TPSA) is 169 Å². The van der Waals surface area contributed by atoms with Crippen molar-refractivity contribution in [3.05, 3.63) is 32.6 Å². The lowest BCUT2D eigenvalue weighted by atomic mass is 10.2. The second-order valence-electron chi connectivity index (χ2n) is 6.09. The number of carbonyl (C=O) groups excluding carboxylic acids is 3. The van der Waals surface area contributed by atoms with E-state index in [4.69, 9.17) is 5.11 Å². The number of aliphatic carboxylic acids is 1. The van der Waals surface area contributed by atoms with E-state index >= 15 is 0 Å². The summed E-state index contributed by atoms with van der Waals surface area (Å²) in [6, 6.07) is 0.826. The van der Waals surface area contributed by atoms with Crippen molar-refractivity contribution in [2.75, 3.05) is 27.7 Å². The minimum absolute atomic E-state index is 0.282. The number of esters is 2. The van der Waals surface area contributed by atoms with Gasteiger partial charge in [0.1, 0.15) is 18.3 Å². The lowest BCUT2D eigenvalue weighted by Gasteiger charge is -2.26. The summed E-state index contributed by atoms with van der Waals surface area (Å²) < 4.78 is 4.70. The minimum atomic E-state index is -1.20. The van der Waals surface area contributed by atoms with E-state index in [0.717, 1.165) is 13.0 Å². The molecule has 0 aliphatic heterocycles. The third kappa shape index (κ3) is 11.4.